The molecule has 0 unspecified atom stereocenters. The van der Waals surface area contributed by atoms with E-state index in [1.165, 1.54) is 7.11 Å². The molecule has 1 rings (SSSR count). The van der Waals surface area contributed by atoms with Crippen LogP contribution in [0.1, 0.15) is 42.6 Å². The van der Waals surface area contributed by atoms with E-state index in [4.69, 9.17) is 9.47 Å². The minimum atomic E-state index is -1.01. The Bertz CT molecular complexity index is 484. The smallest absolute Gasteiger partial charge is 0.331 e. The van der Waals surface area contributed by atoms with Gasteiger partial charge < -0.3 is 14.8 Å². The molecule has 1 aromatic rings. The highest BCUT2D eigenvalue weighted by molar-refractivity contribution is 5.98. The number of methoxy groups -OCH3 is 2. The molecule has 0 aromatic heterocycles. The van der Waals surface area contributed by atoms with Crippen LogP contribution in [0.25, 0.3) is 0 Å². The summed E-state index contributed by atoms with van der Waals surface area (Å²) in [6, 6.07) is 7.09. The highest BCUT2D eigenvalue weighted by atomic mass is 16.5. The van der Waals surface area contributed by atoms with Crippen molar-refractivity contribution in [3.63, 3.8) is 0 Å². The second-order valence-electron chi connectivity index (χ2n) is 5.16. The van der Waals surface area contributed by atoms with Crippen LogP contribution in [-0.4, -0.2) is 31.6 Å². The van der Waals surface area contributed by atoms with Gasteiger partial charge in [-0.25, -0.2) is 4.79 Å². The van der Waals surface area contributed by atoms with Crippen molar-refractivity contribution in [2.24, 2.45) is 0 Å². The number of amides is 1. The first-order valence-electron chi connectivity index (χ1n) is 6.95. The Morgan fingerprint density at radius 2 is 1.81 bits per heavy atom. The van der Waals surface area contributed by atoms with Gasteiger partial charge in [-0.15, -0.1) is 0 Å². The molecule has 0 aliphatic rings. The van der Waals surface area contributed by atoms with Gasteiger partial charge in [0.25, 0.3) is 5.91 Å². The molecule has 1 N–H and O–H groups in total. The lowest BCUT2D eigenvalue weighted by Crippen LogP contribution is -2.52. The maximum Gasteiger partial charge on any atom is 0.331 e. The molecule has 0 radical (unpaired) electrons. The van der Waals surface area contributed by atoms with E-state index in [0.29, 0.717) is 18.6 Å². The number of nitrogens with one attached hydrogen (secondary N) is 1. The fourth-order valence-electron chi connectivity index (χ4n) is 2.18. The van der Waals surface area contributed by atoms with Crippen molar-refractivity contribution in [1.82, 2.24) is 5.32 Å². The molecule has 0 saturated heterocycles. The fraction of sp³-hybridized carbons (Fsp3) is 0.500. The van der Waals surface area contributed by atoms with Crippen molar-refractivity contribution in [2.75, 3.05) is 14.2 Å². The second kappa shape index (κ2) is 7.78. The lowest BCUT2D eigenvalue weighted by Gasteiger charge is -2.27. The lowest BCUT2D eigenvalue weighted by molar-refractivity contribution is -0.147. The molecule has 0 fully saturated rings. The van der Waals surface area contributed by atoms with Crippen molar-refractivity contribution < 1.29 is 19.1 Å². The molecule has 0 bridgehead atoms. The van der Waals surface area contributed by atoms with E-state index >= 15 is 0 Å². The number of rotatable bonds is 7. The highest BCUT2D eigenvalue weighted by Gasteiger charge is 2.35. The van der Waals surface area contributed by atoms with Crippen molar-refractivity contribution in [3.8, 4) is 0 Å². The van der Waals surface area contributed by atoms with Crippen LogP contribution in [0.2, 0.25) is 0 Å². The summed E-state index contributed by atoms with van der Waals surface area (Å²) < 4.78 is 9.81. The van der Waals surface area contributed by atoms with Crippen LogP contribution in [0, 0.1) is 0 Å². The van der Waals surface area contributed by atoms with Crippen LogP contribution in [0.5, 0.6) is 0 Å². The maximum atomic E-state index is 12.3. The van der Waals surface area contributed by atoms with Crippen LogP contribution in [0.3, 0.4) is 0 Å². The molecule has 1 amide bonds. The van der Waals surface area contributed by atoms with Crippen LogP contribution < -0.4 is 5.32 Å². The lowest BCUT2D eigenvalue weighted by atomic mass is 9.95. The van der Waals surface area contributed by atoms with E-state index in [-0.39, 0.29) is 5.91 Å². The van der Waals surface area contributed by atoms with Crippen molar-refractivity contribution in [2.45, 2.75) is 38.8 Å². The Morgan fingerprint density at radius 1 is 1.19 bits per heavy atom. The van der Waals surface area contributed by atoms with E-state index in [0.717, 1.165) is 12.0 Å². The molecule has 5 nitrogen and oxygen atoms in total. The molecule has 0 saturated carbocycles. The molecule has 0 heterocycles. The zero-order chi connectivity index (χ0) is 15.9. The average Bonchev–Trinajstić information content (AvgIpc) is 2.47. The monoisotopic (exact) mass is 293 g/mol. The van der Waals surface area contributed by atoms with E-state index in [9.17, 15) is 9.59 Å². The number of hydrogen-bond acceptors (Lipinski definition) is 4. The van der Waals surface area contributed by atoms with Gasteiger partial charge in [0.2, 0.25) is 0 Å². The molecule has 21 heavy (non-hydrogen) atoms. The quantitative estimate of drug-likeness (QED) is 0.783. The number of carbonyl (C=O) groups excluding carboxylic acids is 2. The first kappa shape index (κ1) is 17.2. The third-order valence-electron chi connectivity index (χ3n) is 3.30. The zero-order valence-corrected chi connectivity index (χ0v) is 13.1. The van der Waals surface area contributed by atoms with Gasteiger partial charge in [-0.3, -0.25) is 4.79 Å². The van der Waals surface area contributed by atoms with Gasteiger partial charge in [0.05, 0.1) is 13.7 Å². The van der Waals surface area contributed by atoms with Gasteiger partial charge in [0.15, 0.2) is 0 Å². The summed E-state index contributed by atoms with van der Waals surface area (Å²) in [5, 5.41) is 2.77. The maximum absolute atomic E-state index is 12.3. The molecular formula is C16H23NO4. The predicted molar refractivity (Wildman–Crippen MR) is 80.0 cm³/mol. The number of benzene rings is 1. The molecule has 1 atom stereocenters. The Labute approximate surface area is 125 Å². The van der Waals surface area contributed by atoms with E-state index in [1.807, 2.05) is 19.1 Å². The van der Waals surface area contributed by atoms with Gasteiger partial charge in [0.1, 0.15) is 5.54 Å². The number of esters is 1. The van der Waals surface area contributed by atoms with E-state index in [1.54, 1.807) is 26.2 Å². The van der Waals surface area contributed by atoms with Gasteiger partial charge in [-0.1, -0.05) is 25.5 Å². The zero-order valence-electron chi connectivity index (χ0n) is 13.1. The summed E-state index contributed by atoms with van der Waals surface area (Å²) in [5.41, 5.74) is 0.477. The minimum Gasteiger partial charge on any atom is -0.467 e. The first-order valence-corrected chi connectivity index (χ1v) is 6.95. The van der Waals surface area contributed by atoms with Gasteiger partial charge in [-0.05, 0) is 31.0 Å². The largest absolute Gasteiger partial charge is 0.467 e. The molecule has 0 spiro atoms. The third-order valence-corrected chi connectivity index (χ3v) is 3.30. The van der Waals surface area contributed by atoms with Crippen LogP contribution in [-0.2, 0) is 20.9 Å². The molecule has 1 aromatic carbocycles. The van der Waals surface area contributed by atoms with Crippen molar-refractivity contribution >= 4 is 11.9 Å². The average molecular weight is 293 g/mol. The Balaban J connectivity index is 2.84. The van der Waals surface area contributed by atoms with Gasteiger partial charge >= 0.3 is 5.97 Å². The fourth-order valence-corrected chi connectivity index (χ4v) is 2.18. The summed E-state index contributed by atoms with van der Waals surface area (Å²) >= 11 is 0. The predicted octanol–water partition coefficient (Wildman–Crippen LogP) is 2.29. The summed E-state index contributed by atoms with van der Waals surface area (Å²) in [7, 11) is 2.94. The molecule has 0 aliphatic carbocycles. The number of ether oxygens (including phenoxy) is 2. The van der Waals surface area contributed by atoms with Crippen molar-refractivity contribution in [3.05, 3.63) is 35.4 Å². The van der Waals surface area contributed by atoms with Crippen LogP contribution in [0.4, 0.5) is 0 Å². The summed E-state index contributed by atoms with van der Waals surface area (Å²) in [6.45, 7) is 4.13. The van der Waals surface area contributed by atoms with E-state index in [2.05, 4.69) is 5.32 Å². The highest BCUT2D eigenvalue weighted by Crippen LogP contribution is 2.16. The topological polar surface area (TPSA) is 64.6 Å². The van der Waals surface area contributed by atoms with Gasteiger partial charge in [0, 0.05) is 12.7 Å². The normalized spacial score (nSPS) is 13.3. The van der Waals surface area contributed by atoms with Crippen molar-refractivity contribution in [1.29, 1.82) is 0 Å². The standard InChI is InChI=1S/C16H23NO4/c1-5-10-16(2,15(19)21-4)17-14(18)13-8-6-12(7-9-13)11-20-3/h6-9H,5,10-11H2,1-4H3,(H,17,18)/t16-/m1/s1. The summed E-state index contributed by atoms with van der Waals surface area (Å²) in [4.78, 5) is 24.2. The second-order valence-corrected chi connectivity index (χ2v) is 5.16. The SMILES string of the molecule is CCC[C@@](C)(NC(=O)c1ccc(COC)cc1)C(=O)OC. The Kier molecular flexibility index (Phi) is 6.37. The Morgan fingerprint density at radius 3 is 2.29 bits per heavy atom. The van der Waals surface area contributed by atoms with Crippen LogP contribution in [0.15, 0.2) is 24.3 Å². The molecular weight excluding hydrogens is 270 g/mol. The molecule has 116 valence electrons. The number of hydrogen-bond donors (Lipinski definition) is 1. The third kappa shape index (κ3) is 4.56. The number of carbonyl (C=O) groups is 2. The Hall–Kier alpha value is -1.88. The van der Waals surface area contributed by atoms with E-state index < -0.39 is 11.5 Å². The van der Waals surface area contributed by atoms with Gasteiger partial charge in [-0.2, -0.15) is 0 Å². The van der Waals surface area contributed by atoms with Crippen LogP contribution >= 0.6 is 0 Å². The molecule has 0 aliphatic heterocycles. The summed E-state index contributed by atoms with van der Waals surface area (Å²) in [6.07, 6.45) is 1.28. The first-order chi connectivity index (χ1) is 9.96. The molecule has 5 heteroatoms. The summed E-state index contributed by atoms with van der Waals surface area (Å²) in [5.74, 6) is -0.728. The minimum absolute atomic E-state index is 0.291.